The van der Waals surface area contributed by atoms with Crippen molar-refractivity contribution >= 4 is 0 Å². The van der Waals surface area contributed by atoms with Crippen molar-refractivity contribution in [1.82, 2.24) is 10.2 Å². The molecule has 1 aliphatic rings. The van der Waals surface area contributed by atoms with Crippen LogP contribution in [0.15, 0.2) is 54.1 Å². The molecule has 0 aliphatic heterocycles. The Labute approximate surface area is 142 Å². The first-order valence-corrected chi connectivity index (χ1v) is 8.08. The Balaban J connectivity index is 1.55. The van der Waals surface area contributed by atoms with E-state index in [2.05, 4.69) is 28.1 Å². The van der Waals surface area contributed by atoms with Crippen LogP contribution in [-0.4, -0.2) is 23.4 Å². The van der Waals surface area contributed by atoms with Crippen LogP contribution in [0.25, 0.3) is 0 Å². The summed E-state index contributed by atoms with van der Waals surface area (Å²) in [6.07, 6.45) is 5.39. The molecule has 1 atom stereocenters. The summed E-state index contributed by atoms with van der Waals surface area (Å²) >= 11 is 0. The highest BCUT2D eigenvalue weighted by atomic mass is 16.5. The highest BCUT2D eigenvalue weighted by Crippen LogP contribution is 2.19. The predicted octanol–water partition coefficient (Wildman–Crippen LogP) is 3.53. The van der Waals surface area contributed by atoms with Crippen molar-refractivity contribution in [2.45, 2.75) is 32.0 Å². The van der Waals surface area contributed by atoms with Crippen molar-refractivity contribution in [2.75, 3.05) is 7.11 Å². The zero-order chi connectivity index (χ0) is 16.6. The number of benzene rings is 1. The number of aromatic nitrogens is 2. The summed E-state index contributed by atoms with van der Waals surface area (Å²) < 4.78 is 11.0. The fourth-order valence-corrected chi connectivity index (χ4v) is 2.48. The largest absolute Gasteiger partial charge is 0.472 e. The first-order chi connectivity index (χ1) is 11.8. The molecule has 1 unspecified atom stereocenters. The van der Waals surface area contributed by atoms with Crippen LogP contribution in [0.4, 0.5) is 0 Å². The smallest absolute Gasteiger partial charge is 0.233 e. The quantitative estimate of drug-likeness (QED) is 0.808. The molecule has 4 nitrogen and oxygen atoms in total. The molecule has 0 amide bonds. The zero-order valence-corrected chi connectivity index (χ0v) is 13.7. The zero-order valence-electron chi connectivity index (χ0n) is 13.7. The molecule has 0 saturated heterocycles. The van der Waals surface area contributed by atoms with Crippen LogP contribution in [0.2, 0.25) is 0 Å². The summed E-state index contributed by atoms with van der Waals surface area (Å²) in [5.74, 6) is 6.74. The average molecular weight is 320 g/mol. The highest BCUT2D eigenvalue weighted by Gasteiger charge is 2.11. The molecule has 0 saturated carbocycles. The molecule has 0 spiro atoms. The Morgan fingerprint density at radius 3 is 2.62 bits per heavy atom. The van der Waals surface area contributed by atoms with E-state index in [-0.39, 0.29) is 0 Å². The van der Waals surface area contributed by atoms with Gasteiger partial charge in [0.25, 0.3) is 0 Å². The molecule has 0 bridgehead atoms. The van der Waals surface area contributed by atoms with Crippen molar-refractivity contribution < 1.29 is 9.47 Å². The lowest BCUT2D eigenvalue weighted by Gasteiger charge is -2.17. The Bertz CT molecular complexity index is 743. The number of allylic oxidation sites excluding steroid dienone is 1. The molecular weight excluding hydrogens is 300 g/mol. The Morgan fingerprint density at radius 1 is 1.08 bits per heavy atom. The number of methoxy groups -OCH3 is 1. The van der Waals surface area contributed by atoms with Crippen molar-refractivity contribution in [3.63, 3.8) is 0 Å². The molecule has 1 aromatic heterocycles. The molecule has 3 rings (SSSR count). The van der Waals surface area contributed by atoms with Gasteiger partial charge in [0.05, 0.1) is 6.10 Å². The second-order valence-corrected chi connectivity index (χ2v) is 5.64. The summed E-state index contributed by atoms with van der Waals surface area (Å²) in [5, 5.41) is 8.17. The SMILES string of the molecule is COC1CC=C(C#Cc2ccc(OCc3ccccc3)nn2)CC1. The lowest BCUT2D eigenvalue weighted by molar-refractivity contribution is 0.0946. The van der Waals surface area contributed by atoms with E-state index in [4.69, 9.17) is 9.47 Å². The van der Waals surface area contributed by atoms with E-state index in [0.717, 1.165) is 30.4 Å². The van der Waals surface area contributed by atoms with E-state index in [9.17, 15) is 0 Å². The topological polar surface area (TPSA) is 44.2 Å². The number of ether oxygens (including phenoxy) is 2. The van der Waals surface area contributed by atoms with Crippen LogP contribution >= 0.6 is 0 Å². The molecule has 0 fully saturated rings. The third-order valence-corrected chi connectivity index (χ3v) is 3.92. The Kier molecular flexibility index (Phi) is 5.60. The van der Waals surface area contributed by atoms with Gasteiger partial charge >= 0.3 is 0 Å². The number of hydrogen-bond acceptors (Lipinski definition) is 4. The summed E-state index contributed by atoms with van der Waals surface area (Å²) in [5.41, 5.74) is 2.90. The number of rotatable bonds is 4. The summed E-state index contributed by atoms with van der Waals surface area (Å²) in [6, 6.07) is 13.6. The van der Waals surface area contributed by atoms with E-state index in [1.165, 1.54) is 0 Å². The van der Waals surface area contributed by atoms with Crippen LogP contribution in [0.5, 0.6) is 5.88 Å². The van der Waals surface area contributed by atoms with Gasteiger partial charge in [0.15, 0.2) is 0 Å². The van der Waals surface area contributed by atoms with Gasteiger partial charge in [-0.15, -0.1) is 10.2 Å². The molecule has 24 heavy (non-hydrogen) atoms. The van der Waals surface area contributed by atoms with E-state index >= 15 is 0 Å². The maximum atomic E-state index is 5.62. The summed E-state index contributed by atoms with van der Waals surface area (Å²) in [6.45, 7) is 0.480. The van der Waals surface area contributed by atoms with E-state index in [0.29, 0.717) is 24.3 Å². The van der Waals surface area contributed by atoms with Crippen molar-refractivity contribution in [3.05, 3.63) is 65.4 Å². The molecule has 1 heterocycles. The molecule has 122 valence electrons. The second-order valence-electron chi connectivity index (χ2n) is 5.64. The van der Waals surface area contributed by atoms with E-state index in [1.54, 1.807) is 13.2 Å². The molecule has 2 aromatic rings. The Hall–Kier alpha value is -2.64. The predicted molar refractivity (Wildman–Crippen MR) is 92.4 cm³/mol. The second kappa shape index (κ2) is 8.28. The standard InChI is InChI=1S/C20H20N2O2/c1-23-19-12-8-16(9-13-19)7-10-18-11-14-20(22-21-18)24-15-17-5-3-2-4-6-17/h2-6,8,11,14,19H,9,12-13,15H2,1H3. The van der Waals surface area contributed by atoms with Crippen molar-refractivity contribution in [3.8, 4) is 17.7 Å². The minimum absolute atomic E-state index is 0.330. The molecule has 0 radical (unpaired) electrons. The minimum Gasteiger partial charge on any atom is -0.472 e. The van der Waals surface area contributed by atoms with Crippen molar-refractivity contribution in [2.24, 2.45) is 0 Å². The van der Waals surface area contributed by atoms with Crippen LogP contribution < -0.4 is 4.74 Å². The first-order valence-electron chi connectivity index (χ1n) is 8.08. The van der Waals surface area contributed by atoms with E-state index in [1.807, 2.05) is 36.4 Å². The first kappa shape index (κ1) is 16.2. The van der Waals surface area contributed by atoms with Gasteiger partial charge in [-0.2, -0.15) is 0 Å². The minimum atomic E-state index is 0.330. The van der Waals surface area contributed by atoms with Gasteiger partial charge in [-0.3, -0.25) is 0 Å². The normalized spacial score (nSPS) is 16.7. The third kappa shape index (κ3) is 4.68. The van der Waals surface area contributed by atoms with Gasteiger partial charge in [0.1, 0.15) is 12.3 Å². The van der Waals surface area contributed by atoms with Gasteiger partial charge in [-0.25, -0.2) is 0 Å². The van der Waals surface area contributed by atoms with Crippen molar-refractivity contribution in [1.29, 1.82) is 0 Å². The molecule has 1 aliphatic carbocycles. The number of hydrogen-bond donors (Lipinski definition) is 0. The summed E-state index contributed by atoms with van der Waals surface area (Å²) in [7, 11) is 1.76. The van der Waals surface area contributed by atoms with Crippen LogP contribution in [0.1, 0.15) is 30.5 Å². The summed E-state index contributed by atoms with van der Waals surface area (Å²) in [4.78, 5) is 0. The van der Waals surface area contributed by atoms with Gasteiger partial charge < -0.3 is 9.47 Å². The van der Waals surface area contributed by atoms with Gasteiger partial charge in [-0.1, -0.05) is 42.3 Å². The Morgan fingerprint density at radius 2 is 1.96 bits per heavy atom. The fourth-order valence-electron chi connectivity index (χ4n) is 2.48. The van der Waals surface area contributed by atoms with E-state index < -0.39 is 0 Å². The number of nitrogens with zero attached hydrogens (tertiary/aromatic N) is 2. The average Bonchev–Trinajstić information content (AvgIpc) is 2.67. The molecule has 0 N–H and O–H groups in total. The van der Waals surface area contributed by atoms with Gasteiger partial charge in [0.2, 0.25) is 5.88 Å². The maximum Gasteiger partial charge on any atom is 0.233 e. The molecule has 4 heteroatoms. The van der Waals surface area contributed by atoms with Gasteiger partial charge in [0, 0.05) is 13.2 Å². The maximum absolute atomic E-state index is 5.62. The van der Waals surface area contributed by atoms with Crippen LogP contribution in [0.3, 0.4) is 0 Å². The molecule has 1 aromatic carbocycles. The van der Waals surface area contributed by atoms with Crippen LogP contribution in [-0.2, 0) is 11.3 Å². The lowest BCUT2D eigenvalue weighted by atomic mass is 9.97. The highest BCUT2D eigenvalue weighted by molar-refractivity contribution is 5.38. The fraction of sp³-hybridized carbons (Fsp3) is 0.300. The van der Waals surface area contributed by atoms with Crippen LogP contribution in [0, 0.1) is 11.8 Å². The third-order valence-electron chi connectivity index (χ3n) is 3.92. The molecular formula is C20H20N2O2. The van der Waals surface area contributed by atoms with Gasteiger partial charge in [-0.05, 0) is 42.4 Å². The lowest BCUT2D eigenvalue weighted by Crippen LogP contribution is -2.13. The monoisotopic (exact) mass is 320 g/mol.